The Morgan fingerprint density at radius 2 is 1.86 bits per heavy atom. The van der Waals surface area contributed by atoms with Crippen molar-refractivity contribution in [3.05, 3.63) is 70.1 Å². The molecule has 1 amide bonds. The fraction of sp³-hybridized carbons (Fsp3) is 0.200. The van der Waals surface area contributed by atoms with E-state index in [9.17, 15) is 9.59 Å². The van der Waals surface area contributed by atoms with Crippen LogP contribution in [0, 0.1) is 6.92 Å². The van der Waals surface area contributed by atoms with Crippen molar-refractivity contribution in [3.8, 4) is 0 Å². The van der Waals surface area contributed by atoms with Crippen LogP contribution in [0.25, 0.3) is 10.8 Å². The summed E-state index contributed by atoms with van der Waals surface area (Å²) in [5, 5.41) is 8.44. The van der Waals surface area contributed by atoms with Crippen LogP contribution in [0.15, 0.2) is 53.3 Å². The fourth-order valence-electron chi connectivity index (χ4n) is 2.82. The zero-order chi connectivity index (χ0) is 20.1. The van der Waals surface area contributed by atoms with Crippen molar-refractivity contribution in [2.75, 3.05) is 5.32 Å². The number of carbonyl (C=O) groups excluding carboxylic acids is 1. The third-order valence-corrected chi connectivity index (χ3v) is 4.29. The second kappa shape index (κ2) is 8.62. The van der Waals surface area contributed by atoms with E-state index in [1.54, 1.807) is 24.3 Å². The average molecular weight is 395 g/mol. The molecule has 1 aromatic heterocycles. The molecule has 0 aliphatic rings. The Labute approximate surface area is 167 Å². The second-order valence-electron chi connectivity index (χ2n) is 6.33. The van der Waals surface area contributed by atoms with Gasteiger partial charge in [-0.1, -0.05) is 37.3 Å². The molecule has 144 valence electrons. The number of rotatable bonds is 4. The van der Waals surface area contributed by atoms with Gasteiger partial charge in [0.05, 0.1) is 5.39 Å². The van der Waals surface area contributed by atoms with E-state index in [1.165, 1.54) is 4.68 Å². The van der Waals surface area contributed by atoms with Crippen LogP contribution < -0.4 is 21.7 Å². The number of hydrazine groups is 1. The van der Waals surface area contributed by atoms with Crippen LogP contribution in [0.2, 0.25) is 0 Å². The van der Waals surface area contributed by atoms with Crippen LogP contribution in [0.3, 0.4) is 0 Å². The van der Waals surface area contributed by atoms with Gasteiger partial charge in [-0.15, -0.1) is 0 Å². The first kappa shape index (κ1) is 19.5. The molecule has 0 saturated heterocycles. The Morgan fingerprint density at radius 1 is 1.11 bits per heavy atom. The number of nitrogens with one attached hydrogen (secondary N) is 3. The predicted octanol–water partition coefficient (Wildman–Crippen LogP) is 2.75. The molecule has 0 fully saturated rings. The van der Waals surface area contributed by atoms with E-state index < -0.39 is 5.91 Å². The highest BCUT2D eigenvalue weighted by molar-refractivity contribution is 7.80. The highest BCUT2D eigenvalue weighted by Crippen LogP contribution is 2.13. The second-order valence-corrected chi connectivity index (χ2v) is 6.73. The van der Waals surface area contributed by atoms with Crippen LogP contribution in [0.4, 0.5) is 5.69 Å². The molecule has 28 heavy (non-hydrogen) atoms. The summed E-state index contributed by atoms with van der Waals surface area (Å²) < 4.78 is 1.32. The zero-order valence-electron chi connectivity index (χ0n) is 15.7. The molecular weight excluding hydrogens is 374 g/mol. The molecule has 3 aromatic rings. The minimum atomic E-state index is -0.477. The Bertz CT molecular complexity index is 1090. The monoisotopic (exact) mass is 395 g/mol. The Kier molecular flexibility index (Phi) is 6.00. The number of benzene rings is 2. The standard InChI is InChI=1S/C20H21N5O2S/c1-3-11-25-19(27)16-10-5-4-9-15(16)17(24-25)18(26)22-23-20(28)21-14-8-6-7-13(2)12-14/h4-10,12H,3,11H2,1-2H3,(H,22,26)(H2,21,23,28). The smallest absolute Gasteiger partial charge is 0.290 e. The van der Waals surface area contributed by atoms with Gasteiger partial charge in [-0.3, -0.25) is 20.4 Å². The van der Waals surface area contributed by atoms with Gasteiger partial charge < -0.3 is 5.32 Å². The molecular formula is C20H21N5O2S. The van der Waals surface area contributed by atoms with Gasteiger partial charge in [0, 0.05) is 17.6 Å². The van der Waals surface area contributed by atoms with Gasteiger partial charge in [0.2, 0.25) is 0 Å². The first-order valence-corrected chi connectivity index (χ1v) is 9.34. The molecule has 0 unspecified atom stereocenters. The summed E-state index contributed by atoms with van der Waals surface area (Å²) in [5.74, 6) is -0.477. The lowest BCUT2D eigenvalue weighted by Crippen LogP contribution is -2.44. The van der Waals surface area contributed by atoms with Gasteiger partial charge in [0.15, 0.2) is 10.8 Å². The lowest BCUT2D eigenvalue weighted by Gasteiger charge is -2.13. The molecule has 3 rings (SSSR count). The lowest BCUT2D eigenvalue weighted by molar-refractivity contribution is 0.0938. The summed E-state index contributed by atoms with van der Waals surface area (Å²) in [6.45, 7) is 4.36. The van der Waals surface area contributed by atoms with Gasteiger partial charge in [-0.05, 0) is 49.3 Å². The van der Waals surface area contributed by atoms with E-state index in [0.717, 1.165) is 17.7 Å². The normalized spacial score (nSPS) is 10.5. The third-order valence-electron chi connectivity index (χ3n) is 4.08. The number of hydrogen-bond donors (Lipinski definition) is 3. The van der Waals surface area contributed by atoms with Crippen LogP contribution in [-0.2, 0) is 6.54 Å². The summed E-state index contributed by atoms with van der Waals surface area (Å²) in [5.41, 5.74) is 7.07. The number of aromatic nitrogens is 2. The molecule has 0 aliphatic carbocycles. The number of hydrogen-bond acceptors (Lipinski definition) is 4. The number of aryl methyl sites for hydroxylation is 2. The molecule has 0 atom stereocenters. The topological polar surface area (TPSA) is 88.1 Å². The predicted molar refractivity (Wildman–Crippen MR) is 114 cm³/mol. The van der Waals surface area contributed by atoms with E-state index in [0.29, 0.717) is 17.3 Å². The molecule has 1 heterocycles. The first-order valence-electron chi connectivity index (χ1n) is 8.93. The molecule has 0 aliphatic heterocycles. The lowest BCUT2D eigenvalue weighted by atomic mass is 10.1. The van der Waals surface area contributed by atoms with Gasteiger partial charge >= 0.3 is 0 Å². The highest BCUT2D eigenvalue weighted by atomic mass is 32.1. The maximum atomic E-state index is 12.7. The number of thiocarbonyl (C=S) groups is 1. The van der Waals surface area contributed by atoms with E-state index in [4.69, 9.17) is 12.2 Å². The van der Waals surface area contributed by atoms with Crippen molar-refractivity contribution < 1.29 is 4.79 Å². The average Bonchev–Trinajstić information content (AvgIpc) is 2.68. The van der Waals surface area contributed by atoms with Gasteiger partial charge in [0.1, 0.15) is 0 Å². The number of fused-ring (bicyclic) bond motifs is 1. The third kappa shape index (κ3) is 4.34. The van der Waals surface area contributed by atoms with Gasteiger partial charge in [-0.25, -0.2) is 4.68 Å². The molecule has 0 radical (unpaired) electrons. The highest BCUT2D eigenvalue weighted by Gasteiger charge is 2.16. The van der Waals surface area contributed by atoms with E-state index in [2.05, 4.69) is 21.3 Å². The Morgan fingerprint density at radius 3 is 2.57 bits per heavy atom. The maximum absolute atomic E-state index is 12.7. The van der Waals surface area contributed by atoms with Crippen LogP contribution in [0.1, 0.15) is 29.4 Å². The van der Waals surface area contributed by atoms with E-state index in [1.807, 2.05) is 38.1 Å². The molecule has 7 nitrogen and oxygen atoms in total. The fourth-order valence-corrected chi connectivity index (χ4v) is 2.99. The maximum Gasteiger partial charge on any atom is 0.290 e. The minimum Gasteiger partial charge on any atom is -0.331 e. The number of carbonyl (C=O) groups is 1. The SMILES string of the molecule is CCCn1nc(C(=O)NNC(=S)Nc2cccc(C)c2)c2ccccc2c1=O. The summed E-state index contributed by atoms with van der Waals surface area (Å²) in [6, 6.07) is 14.6. The van der Waals surface area contributed by atoms with Crippen molar-refractivity contribution in [2.24, 2.45) is 0 Å². The Balaban J connectivity index is 1.78. The quantitative estimate of drug-likeness (QED) is 0.465. The number of amides is 1. The van der Waals surface area contributed by atoms with Crippen LogP contribution >= 0.6 is 12.2 Å². The van der Waals surface area contributed by atoms with Gasteiger partial charge in [0.25, 0.3) is 11.5 Å². The largest absolute Gasteiger partial charge is 0.331 e. The van der Waals surface area contributed by atoms with E-state index in [-0.39, 0.29) is 16.4 Å². The number of anilines is 1. The summed E-state index contributed by atoms with van der Waals surface area (Å²) in [4.78, 5) is 25.2. The van der Waals surface area contributed by atoms with Crippen LogP contribution in [0.5, 0.6) is 0 Å². The van der Waals surface area contributed by atoms with Crippen molar-refractivity contribution in [1.29, 1.82) is 0 Å². The molecule has 0 bridgehead atoms. The molecule has 2 aromatic carbocycles. The summed E-state index contributed by atoms with van der Waals surface area (Å²) in [7, 11) is 0. The number of nitrogens with zero attached hydrogens (tertiary/aromatic N) is 2. The van der Waals surface area contributed by atoms with Gasteiger partial charge in [-0.2, -0.15) is 5.10 Å². The molecule has 0 saturated carbocycles. The minimum absolute atomic E-state index is 0.162. The van der Waals surface area contributed by atoms with Crippen molar-refractivity contribution in [3.63, 3.8) is 0 Å². The van der Waals surface area contributed by atoms with E-state index >= 15 is 0 Å². The van der Waals surface area contributed by atoms with Crippen molar-refractivity contribution in [2.45, 2.75) is 26.8 Å². The summed E-state index contributed by atoms with van der Waals surface area (Å²) in [6.07, 6.45) is 0.731. The van der Waals surface area contributed by atoms with Crippen molar-refractivity contribution in [1.82, 2.24) is 20.6 Å². The van der Waals surface area contributed by atoms with Crippen LogP contribution in [-0.4, -0.2) is 20.8 Å². The molecule has 0 spiro atoms. The van der Waals surface area contributed by atoms with Crippen molar-refractivity contribution >= 4 is 39.7 Å². The first-order chi connectivity index (χ1) is 13.5. The Hall–Kier alpha value is -3.26. The zero-order valence-corrected chi connectivity index (χ0v) is 16.5. The summed E-state index contributed by atoms with van der Waals surface area (Å²) >= 11 is 5.22. The molecule has 3 N–H and O–H groups in total. The molecule has 8 heteroatoms.